The van der Waals surface area contributed by atoms with Crippen molar-refractivity contribution in [1.82, 2.24) is 10.2 Å². The number of rotatable bonds is 6. The van der Waals surface area contributed by atoms with Crippen molar-refractivity contribution in [3.8, 4) is 5.75 Å². The maximum Gasteiger partial charge on any atom is 0.119 e. The molecule has 1 atom stereocenters. The molecule has 0 spiro atoms. The first-order chi connectivity index (χ1) is 9.65. The lowest BCUT2D eigenvalue weighted by Crippen LogP contribution is -2.44. The van der Waals surface area contributed by atoms with Crippen molar-refractivity contribution in [2.75, 3.05) is 39.3 Å². The predicted octanol–water partition coefficient (Wildman–Crippen LogP) is 1.66. The van der Waals surface area contributed by atoms with Crippen molar-refractivity contribution in [2.24, 2.45) is 5.92 Å². The molecule has 1 aliphatic heterocycles. The van der Waals surface area contributed by atoms with Gasteiger partial charge in [-0.1, -0.05) is 26.0 Å². The lowest BCUT2D eigenvalue weighted by molar-refractivity contribution is 0.105. The highest BCUT2D eigenvalue weighted by Gasteiger charge is 2.15. The van der Waals surface area contributed by atoms with Gasteiger partial charge in [-0.05, 0) is 23.6 Å². The summed E-state index contributed by atoms with van der Waals surface area (Å²) >= 11 is 0. The Kier molecular flexibility index (Phi) is 5.83. The Morgan fingerprint density at radius 3 is 2.45 bits per heavy atom. The Morgan fingerprint density at radius 1 is 1.20 bits per heavy atom. The fraction of sp³-hybridized carbons (Fsp3) is 0.625. The van der Waals surface area contributed by atoms with Crippen molar-refractivity contribution in [1.29, 1.82) is 0 Å². The summed E-state index contributed by atoms with van der Waals surface area (Å²) < 4.78 is 5.65. The topological polar surface area (TPSA) is 44.7 Å². The van der Waals surface area contributed by atoms with Gasteiger partial charge in [0.05, 0.1) is 12.7 Å². The van der Waals surface area contributed by atoms with Crippen LogP contribution in [0.2, 0.25) is 0 Å². The van der Waals surface area contributed by atoms with Gasteiger partial charge in [-0.25, -0.2) is 0 Å². The standard InChI is InChI=1S/C16H26N2O2/c1-13(2)12-20-15-5-3-14(4-6-15)16(19)11-18-9-7-17-8-10-18/h3-6,13,16-17,19H,7-12H2,1-2H3. The van der Waals surface area contributed by atoms with E-state index in [-0.39, 0.29) is 0 Å². The minimum Gasteiger partial charge on any atom is -0.493 e. The Bertz CT molecular complexity index is 386. The van der Waals surface area contributed by atoms with Gasteiger partial charge in [-0.3, -0.25) is 4.90 Å². The lowest BCUT2D eigenvalue weighted by Gasteiger charge is -2.29. The summed E-state index contributed by atoms with van der Waals surface area (Å²) in [6, 6.07) is 7.81. The zero-order valence-electron chi connectivity index (χ0n) is 12.5. The highest BCUT2D eigenvalue weighted by Crippen LogP contribution is 2.19. The largest absolute Gasteiger partial charge is 0.493 e. The summed E-state index contributed by atoms with van der Waals surface area (Å²) in [7, 11) is 0. The molecular formula is C16H26N2O2. The zero-order chi connectivity index (χ0) is 14.4. The molecule has 1 saturated heterocycles. The van der Waals surface area contributed by atoms with Gasteiger partial charge in [-0.15, -0.1) is 0 Å². The van der Waals surface area contributed by atoms with Gasteiger partial charge in [0.2, 0.25) is 0 Å². The first-order valence-electron chi connectivity index (χ1n) is 7.49. The number of aliphatic hydroxyl groups is 1. The fourth-order valence-electron chi connectivity index (χ4n) is 2.29. The summed E-state index contributed by atoms with van der Waals surface area (Å²) in [5.74, 6) is 1.39. The van der Waals surface area contributed by atoms with Crippen molar-refractivity contribution in [3.63, 3.8) is 0 Å². The van der Waals surface area contributed by atoms with Crippen LogP contribution in [-0.2, 0) is 0 Å². The average Bonchev–Trinajstić information content (AvgIpc) is 2.46. The Hall–Kier alpha value is -1.10. The second-order valence-corrected chi connectivity index (χ2v) is 5.84. The molecule has 2 N–H and O–H groups in total. The van der Waals surface area contributed by atoms with Crippen LogP contribution in [0.4, 0.5) is 0 Å². The molecule has 0 amide bonds. The van der Waals surface area contributed by atoms with Crippen LogP contribution in [0.25, 0.3) is 0 Å². The van der Waals surface area contributed by atoms with Crippen LogP contribution in [0.1, 0.15) is 25.5 Å². The van der Waals surface area contributed by atoms with E-state index in [1.165, 1.54) is 0 Å². The Balaban J connectivity index is 1.84. The van der Waals surface area contributed by atoms with Gasteiger partial charge in [0.15, 0.2) is 0 Å². The van der Waals surface area contributed by atoms with Gasteiger partial charge in [0.1, 0.15) is 5.75 Å². The molecule has 1 heterocycles. The third-order valence-corrected chi connectivity index (χ3v) is 3.49. The number of hydrogen-bond acceptors (Lipinski definition) is 4. The van der Waals surface area contributed by atoms with Crippen LogP contribution in [0, 0.1) is 5.92 Å². The number of aliphatic hydroxyl groups excluding tert-OH is 1. The lowest BCUT2D eigenvalue weighted by atomic mass is 10.1. The maximum absolute atomic E-state index is 10.3. The molecule has 2 rings (SSSR count). The van der Waals surface area contributed by atoms with Gasteiger partial charge in [0, 0.05) is 32.7 Å². The minimum absolute atomic E-state index is 0.424. The van der Waals surface area contributed by atoms with Crippen molar-refractivity contribution in [2.45, 2.75) is 20.0 Å². The molecule has 1 aromatic rings. The number of nitrogens with one attached hydrogen (secondary N) is 1. The molecule has 1 fully saturated rings. The molecule has 1 aromatic carbocycles. The van der Waals surface area contributed by atoms with E-state index >= 15 is 0 Å². The van der Waals surface area contributed by atoms with Crippen LogP contribution in [0.5, 0.6) is 5.75 Å². The van der Waals surface area contributed by atoms with Gasteiger partial charge < -0.3 is 15.2 Å². The summed E-state index contributed by atoms with van der Waals surface area (Å²) in [5, 5.41) is 13.6. The molecule has 0 aromatic heterocycles. The van der Waals surface area contributed by atoms with Crippen molar-refractivity contribution >= 4 is 0 Å². The van der Waals surface area contributed by atoms with E-state index in [1.54, 1.807) is 0 Å². The average molecular weight is 278 g/mol. The van der Waals surface area contributed by atoms with E-state index in [1.807, 2.05) is 24.3 Å². The number of benzene rings is 1. The van der Waals surface area contributed by atoms with E-state index in [2.05, 4.69) is 24.1 Å². The summed E-state index contributed by atoms with van der Waals surface area (Å²) in [4.78, 5) is 2.30. The second-order valence-electron chi connectivity index (χ2n) is 5.84. The molecule has 1 unspecified atom stereocenters. The Labute approximate surface area is 121 Å². The van der Waals surface area contributed by atoms with Crippen LogP contribution in [0.15, 0.2) is 24.3 Å². The highest BCUT2D eigenvalue weighted by molar-refractivity contribution is 5.28. The molecule has 0 bridgehead atoms. The predicted molar refractivity (Wildman–Crippen MR) is 81.0 cm³/mol. The summed E-state index contributed by atoms with van der Waals surface area (Å²) in [6.07, 6.45) is -0.424. The van der Waals surface area contributed by atoms with Crippen LogP contribution >= 0.6 is 0 Å². The third kappa shape index (κ3) is 4.78. The first kappa shape index (κ1) is 15.3. The molecule has 0 radical (unpaired) electrons. The fourth-order valence-corrected chi connectivity index (χ4v) is 2.29. The van der Waals surface area contributed by atoms with Crippen LogP contribution in [0.3, 0.4) is 0 Å². The quantitative estimate of drug-likeness (QED) is 0.831. The van der Waals surface area contributed by atoms with E-state index < -0.39 is 6.10 Å². The molecule has 20 heavy (non-hydrogen) atoms. The second kappa shape index (κ2) is 7.62. The monoisotopic (exact) mass is 278 g/mol. The zero-order valence-corrected chi connectivity index (χ0v) is 12.5. The molecule has 112 valence electrons. The smallest absolute Gasteiger partial charge is 0.119 e. The van der Waals surface area contributed by atoms with E-state index in [0.29, 0.717) is 12.5 Å². The number of β-amino-alcohol motifs (C(OH)–C–C–N with tert-alkyl or cyclic N) is 1. The van der Waals surface area contributed by atoms with E-state index in [0.717, 1.165) is 44.1 Å². The molecule has 4 heteroatoms. The molecular weight excluding hydrogens is 252 g/mol. The van der Waals surface area contributed by atoms with Gasteiger partial charge in [-0.2, -0.15) is 0 Å². The van der Waals surface area contributed by atoms with Gasteiger partial charge in [0.25, 0.3) is 0 Å². The highest BCUT2D eigenvalue weighted by atomic mass is 16.5. The summed E-state index contributed by atoms with van der Waals surface area (Å²) in [6.45, 7) is 9.72. The van der Waals surface area contributed by atoms with Crippen molar-refractivity contribution in [3.05, 3.63) is 29.8 Å². The van der Waals surface area contributed by atoms with Crippen molar-refractivity contribution < 1.29 is 9.84 Å². The number of piperazine rings is 1. The Morgan fingerprint density at radius 2 is 1.85 bits per heavy atom. The number of nitrogens with zero attached hydrogens (tertiary/aromatic N) is 1. The number of ether oxygens (including phenoxy) is 1. The minimum atomic E-state index is -0.424. The first-order valence-corrected chi connectivity index (χ1v) is 7.49. The van der Waals surface area contributed by atoms with E-state index in [4.69, 9.17) is 4.74 Å². The third-order valence-electron chi connectivity index (χ3n) is 3.49. The SMILES string of the molecule is CC(C)COc1ccc(C(O)CN2CCNCC2)cc1. The normalized spacial score (nSPS) is 18.2. The molecule has 0 saturated carbocycles. The molecule has 0 aliphatic carbocycles. The number of hydrogen-bond donors (Lipinski definition) is 2. The maximum atomic E-state index is 10.3. The van der Waals surface area contributed by atoms with Crippen LogP contribution in [-0.4, -0.2) is 49.3 Å². The summed E-state index contributed by atoms with van der Waals surface area (Å²) in [5.41, 5.74) is 0.959. The van der Waals surface area contributed by atoms with Crippen LogP contribution < -0.4 is 10.1 Å². The molecule has 1 aliphatic rings. The van der Waals surface area contributed by atoms with Gasteiger partial charge >= 0.3 is 0 Å². The molecule has 4 nitrogen and oxygen atoms in total. The van der Waals surface area contributed by atoms with E-state index in [9.17, 15) is 5.11 Å².